The quantitative estimate of drug-likeness (QED) is 0.405. The first-order valence-corrected chi connectivity index (χ1v) is 14.0. The van der Waals surface area contributed by atoms with Crippen LogP contribution in [0.15, 0.2) is 65.1 Å². The van der Waals surface area contributed by atoms with Crippen LogP contribution in [-0.2, 0) is 15.1 Å². The van der Waals surface area contributed by atoms with E-state index in [9.17, 15) is 19.2 Å². The summed E-state index contributed by atoms with van der Waals surface area (Å²) < 4.78 is 0.871. The number of nitrogens with zero attached hydrogens (tertiary/aromatic N) is 3. The van der Waals surface area contributed by atoms with E-state index in [0.717, 1.165) is 30.6 Å². The second-order valence-electron chi connectivity index (χ2n) is 10.1. The van der Waals surface area contributed by atoms with Gasteiger partial charge in [0.2, 0.25) is 11.8 Å². The molecule has 37 heavy (non-hydrogen) atoms. The van der Waals surface area contributed by atoms with Crippen LogP contribution >= 0.6 is 27.7 Å². The Morgan fingerprint density at radius 3 is 2.22 bits per heavy atom. The van der Waals surface area contributed by atoms with Gasteiger partial charge >= 0.3 is 6.03 Å². The Kier molecular flexibility index (Phi) is 4.70. The molecule has 0 aromatic heterocycles. The van der Waals surface area contributed by atoms with Crippen molar-refractivity contribution in [3.8, 4) is 0 Å². The Balaban J connectivity index is 1.65. The van der Waals surface area contributed by atoms with Crippen LogP contribution in [0.4, 0.5) is 4.79 Å². The van der Waals surface area contributed by atoms with E-state index in [0.29, 0.717) is 22.8 Å². The number of benzene rings is 3. The molecule has 7 rings (SSSR count). The molecule has 3 atom stereocenters. The highest BCUT2D eigenvalue weighted by molar-refractivity contribution is 9.10. The predicted octanol–water partition coefficient (Wildman–Crippen LogP) is 4.20. The van der Waals surface area contributed by atoms with Crippen molar-refractivity contribution in [3.63, 3.8) is 0 Å². The summed E-state index contributed by atoms with van der Waals surface area (Å²) in [6.07, 6.45) is 0. The van der Waals surface area contributed by atoms with E-state index >= 15 is 0 Å². The Morgan fingerprint density at radius 1 is 0.892 bits per heavy atom. The largest absolute Gasteiger partial charge is 0.332 e. The van der Waals surface area contributed by atoms with Crippen molar-refractivity contribution in [2.75, 3.05) is 25.7 Å². The number of Topliss-reactive ketones (excluding diaryl/α,β-unsaturated/α-hetero) is 1. The van der Waals surface area contributed by atoms with Crippen LogP contribution in [0, 0.1) is 5.41 Å². The number of ketones is 1. The van der Waals surface area contributed by atoms with E-state index in [-0.39, 0.29) is 11.8 Å². The van der Waals surface area contributed by atoms with Gasteiger partial charge in [0.15, 0.2) is 11.2 Å². The summed E-state index contributed by atoms with van der Waals surface area (Å²) in [6.45, 7) is 0. The second kappa shape index (κ2) is 7.52. The van der Waals surface area contributed by atoms with Gasteiger partial charge in [0.05, 0.1) is 0 Å². The lowest BCUT2D eigenvalue weighted by atomic mass is 9.57. The van der Waals surface area contributed by atoms with Crippen molar-refractivity contribution in [1.82, 2.24) is 14.7 Å². The van der Waals surface area contributed by atoms with Crippen molar-refractivity contribution >= 4 is 62.1 Å². The number of imide groups is 2. The smallest absolute Gasteiger partial charge is 0.292 e. The minimum absolute atomic E-state index is 0.246. The number of hydrogen-bond donors (Lipinski definition) is 0. The maximum absolute atomic E-state index is 14.8. The molecule has 7 nitrogen and oxygen atoms in total. The zero-order valence-electron chi connectivity index (χ0n) is 20.1. The summed E-state index contributed by atoms with van der Waals surface area (Å²) in [6, 6.07) is 18.0. The number of rotatable bonds is 1. The number of halogens is 1. The molecule has 0 saturated carbocycles. The fraction of sp³-hybridized carbons (Fsp3) is 0.286. The number of urea groups is 1. The molecule has 3 heterocycles. The highest BCUT2D eigenvalue weighted by Crippen LogP contribution is 2.69. The summed E-state index contributed by atoms with van der Waals surface area (Å²) in [5, 5.41) is 1.67. The molecule has 0 bridgehead atoms. The average Bonchev–Trinajstić information content (AvgIpc) is 3.55. The van der Waals surface area contributed by atoms with Gasteiger partial charge in [0.1, 0.15) is 5.54 Å². The summed E-state index contributed by atoms with van der Waals surface area (Å²) in [7, 11) is 2.82. The van der Waals surface area contributed by atoms with Crippen LogP contribution in [0.2, 0.25) is 0 Å². The fourth-order valence-corrected chi connectivity index (χ4v) is 8.95. The van der Waals surface area contributed by atoms with Gasteiger partial charge in [0.25, 0.3) is 0 Å². The molecule has 3 aliphatic heterocycles. The average molecular weight is 576 g/mol. The van der Waals surface area contributed by atoms with E-state index in [4.69, 9.17) is 0 Å². The third kappa shape index (κ3) is 2.44. The number of amides is 4. The normalized spacial score (nSPS) is 28.4. The first-order valence-electron chi connectivity index (χ1n) is 12.0. The van der Waals surface area contributed by atoms with Gasteiger partial charge in [-0.15, -0.1) is 11.8 Å². The van der Waals surface area contributed by atoms with Gasteiger partial charge in [-0.3, -0.25) is 29.1 Å². The molecule has 1 aliphatic carbocycles. The first-order chi connectivity index (χ1) is 17.8. The van der Waals surface area contributed by atoms with Crippen molar-refractivity contribution in [2.24, 2.45) is 5.41 Å². The van der Waals surface area contributed by atoms with Crippen LogP contribution in [0.5, 0.6) is 0 Å². The molecule has 3 fully saturated rings. The number of hydrogen-bond acceptors (Lipinski definition) is 6. The van der Waals surface area contributed by atoms with Gasteiger partial charge in [0, 0.05) is 47.7 Å². The van der Waals surface area contributed by atoms with Gasteiger partial charge in [-0.05, 0) is 34.0 Å². The molecule has 0 radical (unpaired) electrons. The summed E-state index contributed by atoms with van der Waals surface area (Å²) in [5.41, 5.74) is -1.43. The topological polar surface area (TPSA) is 78.0 Å². The van der Waals surface area contributed by atoms with Crippen LogP contribution in [0.25, 0.3) is 10.8 Å². The molecule has 0 N–H and O–H groups in total. The Hall–Kier alpha value is -3.01. The molecule has 186 valence electrons. The number of barbiturate groups is 1. The first kappa shape index (κ1) is 23.1. The van der Waals surface area contributed by atoms with Crippen LogP contribution in [0.1, 0.15) is 27.4 Å². The van der Waals surface area contributed by atoms with Crippen molar-refractivity contribution in [1.29, 1.82) is 0 Å². The molecule has 3 saturated heterocycles. The monoisotopic (exact) mass is 575 g/mol. The SMILES string of the molecule is CN1C(=O)N(C)C(=O)C2(C1=O)[C@H](c1ccc(Br)cc1)[C@@H]1CSCN1[C@@]21C(=O)c2cccc3cccc1c23. The molecule has 2 spiro atoms. The number of fused-ring (bicyclic) bond motifs is 4. The molecule has 3 aromatic rings. The van der Waals surface area contributed by atoms with Crippen molar-refractivity contribution in [3.05, 3.63) is 81.8 Å². The molecule has 9 heteroatoms. The lowest BCUT2D eigenvalue weighted by molar-refractivity contribution is -0.163. The standard InChI is InChI=1S/C28H22BrN3O4S/c1-30-24(34)27(25(35)31(2)26(30)36)22(16-9-11-17(29)12-10-16)20-13-37-14-32(20)28(27)19-8-4-6-15-5-3-7-18(21(15)19)23(28)33/h3-12,20,22H,13-14H2,1-2H3/t20-,22+,28-/m0/s1. The summed E-state index contributed by atoms with van der Waals surface area (Å²) >= 11 is 5.19. The lowest BCUT2D eigenvalue weighted by Crippen LogP contribution is -2.72. The molecule has 3 aromatic carbocycles. The third-order valence-electron chi connectivity index (χ3n) is 8.73. The van der Waals surface area contributed by atoms with Crippen molar-refractivity contribution < 1.29 is 19.2 Å². The third-order valence-corrected chi connectivity index (χ3v) is 10.3. The van der Waals surface area contributed by atoms with E-state index in [2.05, 4.69) is 20.8 Å². The Labute approximate surface area is 225 Å². The van der Waals surface area contributed by atoms with E-state index < -0.39 is 34.7 Å². The summed E-state index contributed by atoms with van der Waals surface area (Å²) in [5.74, 6) is -0.966. The molecular weight excluding hydrogens is 554 g/mol. The number of carbonyl (C=O) groups excluding carboxylic acids is 4. The predicted molar refractivity (Wildman–Crippen MR) is 143 cm³/mol. The van der Waals surface area contributed by atoms with Crippen LogP contribution in [-0.4, -0.2) is 70.1 Å². The minimum atomic E-state index is -1.85. The zero-order chi connectivity index (χ0) is 25.9. The van der Waals surface area contributed by atoms with Gasteiger partial charge in [-0.1, -0.05) is 64.5 Å². The molecular formula is C28H22BrN3O4S. The van der Waals surface area contributed by atoms with E-state index in [1.807, 2.05) is 54.6 Å². The van der Waals surface area contributed by atoms with Crippen molar-refractivity contribution in [2.45, 2.75) is 17.5 Å². The number of carbonyl (C=O) groups is 4. The zero-order valence-corrected chi connectivity index (χ0v) is 22.5. The lowest BCUT2D eigenvalue weighted by Gasteiger charge is -2.50. The Bertz CT molecular complexity index is 1540. The second-order valence-corrected chi connectivity index (χ2v) is 12.0. The minimum Gasteiger partial charge on any atom is -0.292 e. The summed E-state index contributed by atoms with van der Waals surface area (Å²) in [4.78, 5) is 61.3. The van der Waals surface area contributed by atoms with E-state index in [1.54, 1.807) is 17.8 Å². The van der Waals surface area contributed by atoms with E-state index in [1.165, 1.54) is 14.1 Å². The van der Waals surface area contributed by atoms with Crippen LogP contribution < -0.4 is 0 Å². The fourth-order valence-electron chi connectivity index (χ4n) is 7.38. The molecule has 4 aliphatic rings. The molecule has 4 amide bonds. The van der Waals surface area contributed by atoms with Gasteiger partial charge in [-0.25, -0.2) is 4.79 Å². The maximum Gasteiger partial charge on any atom is 0.332 e. The highest BCUT2D eigenvalue weighted by atomic mass is 79.9. The highest BCUT2D eigenvalue weighted by Gasteiger charge is 2.83. The Morgan fingerprint density at radius 2 is 1.54 bits per heavy atom. The molecule has 0 unspecified atom stereocenters. The number of thioether (sulfide) groups is 1. The van der Waals surface area contributed by atoms with Crippen LogP contribution in [0.3, 0.4) is 0 Å². The van der Waals surface area contributed by atoms with Gasteiger partial charge in [-0.2, -0.15) is 0 Å². The maximum atomic E-state index is 14.8. The van der Waals surface area contributed by atoms with Gasteiger partial charge < -0.3 is 0 Å².